The van der Waals surface area contributed by atoms with Crippen LogP contribution >= 0.6 is 0 Å². The van der Waals surface area contributed by atoms with E-state index in [2.05, 4.69) is 95.2 Å². The molecule has 0 N–H and O–H groups in total. The summed E-state index contributed by atoms with van der Waals surface area (Å²) in [6, 6.07) is 0. The van der Waals surface area contributed by atoms with Gasteiger partial charge >= 0.3 is 0 Å². The second kappa shape index (κ2) is 22.4. The summed E-state index contributed by atoms with van der Waals surface area (Å²) in [6.45, 7) is 33.6. The number of ketones is 3. The van der Waals surface area contributed by atoms with Crippen LogP contribution in [0.3, 0.4) is 0 Å². The number of hydrogen-bond donors (Lipinski definition) is 0. The summed E-state index contributed by atoms with van der Waals surface area (Å²) in [4.78, 5) is 36.8. The van der Waals surface area contributed by atoms with Crippen LogP contribution in [0.4, 0.5) is 0 Å². The van der Waals surface area contributed by atoms with Gasteiger partial charge in [-0.25, -0.2) is 0 Å². The van der Waals surface area contributed by atoms with Gasteiger partial charge in [-0.05, 0) is 315 Å². The maximum absolute atomic E-state index is 12.3. The summed E-state index contributed by atoms with van der Waals surface area (Å²) in [5, 5.41) is 0. The maximum atomic E-state index is 12.3. The zero-order chi connectivity index (χ0) is 56.1. The van der Waals surface area contributed by atoms with Crippen molar-refractivity contribution in [3.63, 3.8) is 0 Å². The van der Waals surface area contributed by atoms with Gasteiger partial charge in [0.25, 0.3) is 0 Å². The van der Waals surface area contributed by atoms with E-state index in [0.29, 0.717) is 93.4 Å². The van der Waals surface area contributed by atoms with Crippen LogP contribution in [-0.4, -0.2) is 54.0 Å². The molecule has 12 aliphatic rings. The van der Waals surface area contributed by atoms with E-state index in [9.17, 15) is 14.4 Å². The Balaban J connectivity index is 0.000000132. The molecular formula is C72H116O6. The summed E-state index contributed by atoms with van der Waals surface area (Å²) in [6.07, 6.45) is 39.2. The van der Waals surface area contributed by atoms with Crippen LogP contribution < -0.4 is 0 Å². The highest BCUT2D eigenvalue weighted by molar-refractivity contribution is 5.80. The lowest BCUT2D eigenvalue weighted by Gasteiger charge is -2.61. The van der Waals surface area contributed by atoms with E-state index in [0.717, 1.165) is 84.9 Å². The number of allylic oxidation sites excluding steroid dienone is 2. The first-order valence-electron chi connectivity index (χ1n) is 33.6. The van der Waals surface area contributed by atoms with Crippen molar-refractivity contribution in [2.24, 2.45) is 109 Å². The van der Waals surface area contributed by atoms with Gasteiger partial charge in [-0.15, -0.1) is 0 Å². The molecule has 22 atom stereocenters. The van der Waals surface area contributed by atoms with Crippen molar-refractivity contribution in [3.8, 4) is 0 Å². The van der Waals surface area contributed by atoms with Crippen molar-refractivity contribution in [2.45, 2.75) is 301 Å². The molecule has 10 saturated carbocycles. The summed E-state index contributed by atoms with van der Waals surface area (Å²) >= 11 is 0. The van der Waals surface area contributed by atoms with Gasteiger partial charge in [-0.2, -0.15) is 0 Å². The minimum absolute atomic E-state index is 0.270. The number of carbonyl (C=O) groups excluding carboxylic acids is 3. The molecule has 0 aromatic carbocycles. The first kappa shape index (κ1) is 59.5. The molecule has 0 spiro atoms. The highest BCUT2D eigenvalue weighted by Crippen LogP contribution is 2.70. The predicted octanol–water partition coefficient (Wildman–Crippen LogP) is 17.9. The summed E-state index contributed by atoms with van der Waals surface area (Å²) in [5.41, 5.74) is 5.53. The van der Waals surface area contributed by atoms with E-state index in [1.807, 2.05) is 20.8 Å². The fourth-order valence-electron chi connectivity index (χ4n) is 24.0. The van der Waals surface area contributed by atoms with Gasteiger partial charge in [0, 0.05) is 17.8 Å². The fraction of sp³-hybridized carbons (Fsp3) is 0.903. The molecule has 0 unspecified atom stereocenters. The molecule has 6 heteroatoms. The van der Waals surface area contributed by atoms with Crippen LogP contribution in [0.1, 0.15) is 264 Å². The summed E-state index contributed by atoms with van der Waals surface area (Å²) in [5.74, 6) is 10.6. The minimum Gasteiger partial charge on any atom is -0.376 e. The molecule has 0 aliphatic heterocycles. The monoisotopic (exact) mass is 1080 g/mol. The molecule has 12 rings (SSSR count). The van der Waals surface area contributed by atoms with Crippen LogP contribution in [0.2, 0.25) is 0 Å². The van der Waals surface area contributed by atoms with E-state index in [-0.39, 0.29) is 10.8 Å². The van der Waals surface area contributed by atoms with E-state index >= 15 is 0 Å². The third-order valence-electron chi connectivity index (χ3n) is 27.6. The number of ether oxygens (including phenoxy) is 3. The van der Waals surface area contributed by atoms with Crippen LogP contribution in [0.15, 0.2) is 23.3 Å². The van der Waals surface area contributed by atoms with Crippen LogP contribution in [0.25, 0.3) is 0 Å². The second-order valence-electron chi connectivity index (χ2n) is 32.2. The molecule has 0 aromatic heterocycles. The molecular weight excluding hydrogens is 961 g/mol. The average Bonchev–Trinajstić information content (AvgIpc) is 4.19. The van der Waals surface area contributed by atoms with Gasteiger partial charge in [-0.3, -0.25) is 14.4 Å². The van der Waals surface area contributed by atoms with Crippen molar-refractivity contribution >= 4 is 17.3 Å². The number of fused-ring (bicyclic) bond motifs is 15. The predicted molar refractivity (Wildman–Crippen MR) is 318 cm³/mol. The highest BCUT2D eigenvalue weighted by atomic mass is 16.5. The standard InChI is InChI=1S/C24H40O2.2C24H38O2/c3*1-15(2)26-18-10-12-23(4)17(14-18)6-7-19-21-9-8-20(16(3)25)24(21,5)13-11-22(19)23/h15,17-22H,6-14H2,1-5H3;14-15,18-22H,6-13H2,1-5H3;6,15,18-22H,7-14H2,1-5H3/t17-,18-,19-,20+,21-,22-,23-,24+;2*18-,19+,20-,21+,22+,23+,24-/m011/s1. The topological polar surface area (TPSA) is 78.9 Å². The number of Topliss-reactive ketones (excluding diaryl/α,β-unsaturated/α-hetero) is 3. The molecule has 0 saturated heterocycles. The van der Waals surface area contributed by atoms with Crippen LogP contribution in [0, 0.1) is 109 Å². The Morgan fingerprint density at radius 3 is 1.41 bits per heavy atom. The first-order valence-corrected chi connectivity index (χ1v) is 33.6. The Kier molecular flexibility index (Phi) is 17.1. The number of hydrogen-bond acceptors (Lipinski definition) is 6. The fourth-order valence-corrected chi connectivity index (χ4v) is 24.0. The molecule has 0 heterocycles. The first-order chi connectivity index (χ1) is 36.8. The van der Waals surface area contributed by atoms with Gasteiger partial charge in [0.1, 0.15) is 17.3 Å². The van der Waals surface area contributed by atoms with E-state index in [1.165, 1.54) is 135 Å². The summed E-state index contributed by atoms with van der Waals surface area (Å²) in [7, 11) is 0. The third-order valence-corrected chi connectivity index (χ3v) is 27.6. The Labute approximate surface area is 477 Å². The van der Waals surface area contributed by atoms with Crippen molar-refractivity contribution in [2.75, 3.05) is 0 Å². The molecule has 0 amide bonds. The second-order valence-corrected chi connectivity index (χ2v) is 32.2. The SMILES string of the molecule is CC(=O)[C@H]1CC[C@H]2[C@@H]3CC=C4C[C@H](OC(C)C)CC[C@]4(C)[C@H]3CC[C@]12C.CC(=O)[C@H]1CC[C@H]2[C@@H]3CCC4=C[C@H](OC(C)C)CC[C@]4(C)[C@H]3CC[C@]12C.CC(=O)[C@H]1CC[C@H]2[C@@H]3CC[C@H]4C[C@@H](OC(C)C)CC[C@]4(C)[C@H]3CC[C@]12C. The zero-order valence-corrected chi connectivity index (χ0v) is 52.8. The lowest BCUT2D eigenvalue weighted by atomic mass is 9.44. The molecule has 10 fully saturated rings. The zero-order valence-electron chi connectivity index (χ0n) is 52.8. The Bertz CT molecular complexity index is 2260. The number of rotatable bonds is 9. The Morgan fingerprint density at radius 1 is 0.436 bits per heavy atom. The van der Waals surface area contributed by atoms with E-state index < -0.39 is 0 Å². The van der Waals surface area contributed by atoms with Crippen molar-refractivity contribution < 1.29 is 28.6 Å². The molecule has 440 valence electrons. The average molecular weight is 1080 g/mol. The molecule has 0 bridgehead atoms. The highest BCUT2D eigenvalue weighted by Gasteiger charge is 2.63. The van der Waals surface area contributed by atoms with Crippen molar-refractivity contribution in [3.05, 3.63) is 23.3 Å². The maximum Gasteiger partial charge on any atom is 0.133 e. The third kappa shape index (κ3) is 10.4. The minimum atomic E-state index is 0.270. The lowest BCUT2D eigenvalue weighted by molar-refractivity contribution is -0.145. The van der Waals surface area contributed by atoms with Crippen molar-refractivity contribution in [1.82, 2.24) is 0 Å². The van der Waals surface area contributed by atoms with Gasteiger partial charge in [-0.1, -0.05) is 64.8 Å². The van der Waals surface area contributed by atoms with E-state index in [4.69, 9.17) is 14.2 Å². The van der Waals surface area contributed by atoms with Crippen LogP contribution in [-0.2, 0) is 28.6 Å². The quantitative estimate of drug-likeness (QED) is 0.214. The van der Waals surface area contributed by atoms with Gasteiger partial charge in [0.15, 0.2) is 0 Å². The largest absolute Gasteiger partial charge is 0.376 e. The molecule has 0 radical (unpaired) electrons. The molecule has 6 nitrogen and oxygen atoms in total. The normalized spacial score (nSPS) is 48.8. The van der Waals surface area contributed by atoms with E-state index in [1.54, 1.807) is 11.1 Å². The van der Waals surface area contributed by atoms with Gasteiger partial charge < -0.3 is 14.2 Å². The van der Waals surface area contributed by atoms with Crippen LogP contribution in [0.5, 0.6) is 0 Å². The van der Waals surface area contributed by atoms with Crippen molar-refractivity contribution in [1.29, 1.82) is 0 Å². The Hall–Kier alpha value is -1.63. The Morgan fingerprint density at radius 2 is 0.872 bits per heavy atom. The summed E-state index contributed by atoms with van der Waals surface area (Å²) < 4.78 is 18.5. The smallest absolute Gasteiger partial charge is 0.133 e. The molecule has 78 heavy (non-hydrogen) atoms. The van der Waals surface area contributed by atoms with Gasteiger partial charge in [0.2, 0.25) is 0 Å². The lowest BCUT2D eigenvalue weighted by Crippen LogP contribution is -2.54. The number of carbonyl (C=O) groups is 3. The van der Waals surface area contributed by atoms with Gasteiger partial charge in [0.05, 0.1) is 36.6 Å². The molecule has 0 aromatic rings. The molecule has 12 aliphatic carbocycles.